The van der Waals surface area contributed by atoms with Gasteiger partial charge in [0, 0.05) is 11.8 Å². The van der Waals surface area contributed by atoms with Crippen LogP contribution in [0.3, 0.4) is 0 Å². The van der Waals surface area contributed by atoms with Gasteiger partial charge in [0.15, 0.2) is 0 Å². The van der Waals surface area contributed by atoms with Gasteiger partial charge < -0.3 is 9.15 Å². The van der Waals surface area contributed by atoms with Crippen LogP contribution in [0.4, 0.5) is 5.69 Å². The van der Waals surface area contributed by atoms with Gasteiger partial charge in [-0.15, -0.1) is 11.3 Å². The molecule has 0 bridgehead atoms. The molecule has 3 aromatic rings. The number of carbonyl (C=O) groups excluding carboxylic acids is 1. The Kier molecular flexibility index (Phi) is 3.12. The number of hydrogen-bond acceptors (Lipinski definition) is 6. The number of amides is 1. The molecule has 0 aliphatic carbocycles. The monoisotopic (exact) mass is 313 g/mol. The van der Waals surface area contributed by atoms with E-state index >= 15 is 0 Å². The van der Waals surface area contributed by atoms with Crippen molar-refractivity contribution in [3.8, 4) is 16.5 Å². The molecule has 3 aromatic heterocycles. The summed E-state index contributed by atoms with van der Waals surface area (Å²) in [5.74, 6) is 0.395. The zero-order valence-electron chi connectivity index (χ0n) is 11.4. The van der Waals surface area contributed by atoms with Crippen LogP contribution in [-0.2, 0) is 0 Å². The van der Waals surface area contributed by atoms with Crippen molar-refractivity contribution in [2.24, 2.45) is 0 Å². The lowest BCUT2D eigenvalue weighted by molar-refractivity contribution is 0.0979. The van der Waals surface area contributed by atoms with Crippen LogP contribution in [0.25, 0.3) is 10.6 Å². The first-order chi connectivity index (χ1) is 10.8. The van der Waals surface area contributed by atoms with E-state index in [2.05, 4.69) is 9.97 Å². The average molecular weight is 313 g/mol. The van der Waals surface area contributed by atoms with Crippen molar-refractivity contribution in [1.82, 2.24) is 9.97 Å². The number of carbonyl (C=O) groups is 1. The minimum absolute atomic E-state index is 0.0928. The summed E-state index contributed by atoms with van der Waals surface area (Å²) in [6, 6.07) is 5.44. The molecule has 4 heterocycles. The Morgan fingerprint density at radius 3 is 3.14 bits per heavy atom. The van der Waals surface area contributed by atoms with E-state index in [0.717, 1.165) is 10.6 Å². The number of hydrogen-bond donors (Lipinski definition) is 0. The van der Waals surface area contributed by atoms with E-state index in [1.165, 1.54) is 11.3 Å². The van der Waals surface area contributed by atoms with Crippen molar-refractivity contribution in [3.05, 3.63) is 48.0 Å². The topological polar surface area (TPSA) is 68.5 Å². The van der Waals surface area contributed by atoms with E-state index in [4.69, 9.17) is 9.15 Å². The number of pyridine rings is 1. The molecule has 0 atom stereocenters. The van der Waals surface area contributed by atoms with Crippen LogP contribution in [0.1, 0.15) is 9.67 Å². The fraction of sp³-hybridized carbons (Fsp3) is 0.133. The number of nitrogens with zero attached hydrogens (tertiary/aromatic N) is 3. The van der Waals surface area contributed by atoms with Crippen LogP contribution in [0.2, 0.25) is 0 Å². The van der Waals surface area contributed by atoms with Crippen LogP contribution in [0, 0.1) is 0 Å². The van der Waals surface area contributed by atoms with Crippen LogP contribution in [-0.4, -0.2) is 29.0 Å². The van der Waals surface area contributed by atoms with E-state index in [-0.39, 0.29) is 5.91 Å². The quantitative estimate of drug-likeness (QED) is 0.727. The second kappa shape index (κ2) is 5.27. The molecule has 0 aromatic carbocycles. The lowest BCUT2D eigenvalue weighted by Crippen LogP contribution is -2.37. The molecule has 22 heavy (non-hydrogen) atoms. The molecule has 0 N–H and O–H groups in total. The number of furan rings is 1. The standard InChI is InChI=1S/C15H11N3O3S/c19-15(12-8-17-14(22-12)10-3-6-20-9-10)18-5-7-21-13-11(18)2-1-4-16-13/h1-4,6,8-9H,5,7H2. The van der Waals surface area contributed by atoms with Gasteiger partial charge in [0.1, 0.15) is 28.4 Å². The molecule has 0 saturated heterocycles. The Hall–Kier alpha value is -2.67. The van der Waals surface area contributed by atoms with Crippen LogP contribution < -0.4 is 9.64 Å². The summed E-state index contributed by atoms with van der Waals surface area (Å²) in [7, 11) is 0. The predicted octanol–water partition coefficient (Wildman–Crippen LogP) is 2.84. The lowest BCUT2D eigenvalue weighted by atomic mass is 10.3. The maximum absolute atomic E-state index is 12.7. The molecular weight excluding hydrogens is 302 g/mol. The molecule has 6 nitrogen and oxygen atoms in total. The van der Waals surface area contributed by atoms with Crippen molar-refractivity contribution < 1.29 is 13.9 Å². The van der Waals surface area contributed by atoms with Gasteiger partial charge in [0.05, 0.1) is 19.0 Å². The fourth-order valence-electron chi connectivity index (χ4n) is 2.29. The number of thiazole rings is 1. The summed E-state index contributed by atoms with van der Waals surface area (Å²) in [4.78, 5) is 23.4. The molecule has 7 heteroatoms. The normalized spacial score (nSPS) is 13.5. The highest BCUT2D eigenvalue weighted by molar-refractivity contribution is 7.17. The number of fused-ring (bicyclic) bond motifs is 1. The fourth-order valence-corrected chi connectivity index (χ4v) is 3.14. The molecule has 1 aliphatic rings. The third-order valence-corrected chi connectivity index (χ3v) is 4.36. The van der Waals surface area contributed by atoms with Crippen molar-refractivity contribution in [2.75, 3.05) is 18.1 Å². The molecule has 1 amide bonds. The summed E-state index contributed by atoms with van der Waals surface area (Å²) >= 11 is 1.34. The maximum Gasteiger partial charge on any atom is 0.270 e. The lowest BCUT2D eigenvalue weighted by Gasteiger charge is -2.27. The summed E-state index contributed by atoms with van der Waals surface area (Å²) in [6.45, 7) is 0.930. The van der Waals surface area contributed by atoms with Crippen molar-refractivity contribution >= 4 is 22.9 Å². The Morgan fingerprint density at radius 2 is 2.27 bits per heavy atom. The zero-order valence-corrected chi connectivity index (χ0v) is 12.2. The summed E-state index contributed by atoms with van der Waals surface area (Å²) < 4.78 is 10.5. The first-order valence-corrected chi connectivity index (χ1v) is 7.52. The third-order valence-electron chi connectivity index (χ3n) is 3.33. The van der Waals surface area contributed by atoms with Crippen LogP contribution in [0.5, 0.6) is 5.88 Å². The predicted molar refractivity (Wildman–Crippen MR) is 81.2 cm³/mol. The van der Waals surface area contributed by atoms with Gasteiger partial charge in [0.2, 0.25) is 5.88 Å². The van der Waals surface area contributed by atoms with Gasteiger partial charge in [-0.3, -0.25) is 9.69 Å². The Labute approximate surface area is 130 Å². The molecule has 0 spiro atoms. The smallest absolute Gasteiger partial charge is 0.270 e. The van der Waals surface area contributed by atoms with E-state index in [1.54, 1.807) is 35.9 Å². The Morgan fingerprint density at radius 1 is 1.32 bits per heavy atom. The van der Waals surface area contributed by atoms with E-state index in [0.29, 0.717) is 29.6 Å². The summed E-state index contributed by atoms with van der Waals surface area (Å²) in [5.41, 5.74) is 1.56. The number of aromatic nitrogens is 2. The average Bonchev–Trinajstić information content (AvgIpc) is 3.24. The van der Waals surface area contributed by atoms with Gasteiger partial charge in [-0.25, -0.2) is 9.97 Å². The highest BCUT2D eigenvalue weighted by Gasteiger charge is 2.26. The third kappa shape index (κ3) is 2.15. The molecule has 4 rings (SSSR count). The van der Waals surface area contributed by atoms with Crippen LogP contribution in [0.15, 0.2) is 47.5 Å². The summed E-state index contributed by atoms with van der Waals surface area (Å²) in [6.07, 6.45) is 6.44. The molecule has 0 unspecified atom stereocenters. The number of rotatable bonds is 2. The number of ether oxygens (including phenoxy) is 1. The van der Waals surface area contributed by atoms with Crippen molar-refractivity contribution in [2.45, 2.75) is 0 Å². The highest BCUT2D eigenvalue weighted by Crippen LogP contribution is 2.32. The molecule has 0 radical (unpaired) electrons. The summed E-state index contributed by atoms with van der Waals surface area (Å²) in [5, 5.41) is 0.761. The highest BCUT2D eigenvalue weighted by atomic mass is 32.1. The van der Waals surface area contributed by atoms with Crippen LogP contribution >= 0.6 is 11.3 Å². The SMILES string of the molecule is O=C(c1cnc(-c2ccoc2)s1)N1CCOc2ncccc21. The van der Waals surface area contributed by atoms with Gasteiger partial charge in [-0.2, -0.15) is 0 Å². The molecule has 0 fully saturated rings. The van der Waals surface area contributed by atoms with Crippen molar-refractivity contribution in [3.63, 3.8) is 0 Å². The zero-order chi connectivity index (χ0) is 14.9. The first kappa shape index (κ1) is 13.0. The van der Waals surface area contributed by atoms with E-state index in [1.807, 2.05) is 12.1 Å². The van der Waals surface area contributed by atoms with Gasteiger partial charge in [0.25, 0.3) is 5.91 Å². The van der Waals surface area contributed by atoms with E-state index < -0.39 is 0 Å². The van der Waals surface area contributed by atoms with Gasteiger partial charge in [-0.1, -0.05) is 0 Å². The van der Waals surface area contributed by atoms with Gasteiger partial charge in [-0.05, 0) is 18.2 Å². The second-order valence-electron chi connectivity index (χ2n) is 4.67. The Bertz CT molecular complexity index is 813. The van der Waals surface area contributed by atoms with Crippen molar-refractivity contribution in [1.29, 1.82) is 0 Å². The second-order valence-corrected chi connectivity index (χ2v) is 5.71. The molecular formula is C15H11N3O3S. The van der Waals surface area contributed by atoms with Gasteiger partial charge >= 0.3 is 0 Å². The Balaban J connectivity index is 1.66. The molecule has 1 aliphatic heterocycles. The maximum atomic E-state index is 12.7. The minimum atomic E-state index is -0.0928. The number of anilines is 1. The minimum Gasteiger partial charge on any atom is -0.474 e. The molecule has 0 saturated carbocycles. The molecule has 110 valence electrons. The first-order valence-electron chi connectivity index (χ1n) is 6.71. The van der Waals surface area contributed by atoms with E-state index in [9.17, 15) is 4.79 Å². The largest absolute Gasteiger partial charge is 0.474 e.